The summed E-state index contributed by atoms with van der Waals surface area (Å²) in [5.74, 6) is 2.36. The molecule has 3 heterocycles. The fraction of sp³-hybridized carbons (Fsp3) is 0.409. The Labute approximate surface area is 186 Å². The number of carbonyl (C=O) groups excluding carboxylic acids is 1. The molecule has 9 heteroatoms. The summed E-state index contributed by atoms with van der Waals surface area (Å²) in [6.45, 7) is 0.963. The largest absolute Gasteiger partial charge is 1.00 e. The van der Waals surface area contributed by atoms with Gasteiger partial charge in [-0.25, -0.2) is 4.79 Å². The van der Waals surface area contributed by atoms with Crippen LogP contribution in [0.3, 0.4) is 0 Å². The lowest BCUT2D eigenvalue weighted by molar-refractivity contribution is -0.0000857. The summed E-state index contributed by atoms with van der Waals surface area (Å²) >= 11 is 0. The molecule has 0 amide bonds. The Kier molecular flexibility index (Phi) is 5.53. The average molecular weight is 449 g/mol. The van der Waals surface area contributed by atoms with Crippen molar-refractivity contribution in [1.82, 2.24) is 4.90 Å². The number of likely N-dealkylation sites (N-methyl/N-ethyl adjacent to an activating group) is 1. The van der Waals surface area contributed by atoms with Gasteiger partial charge in [0.05, 0.1) is 27.4 Å². The van der Waals surface area contributed by atoms with Crippen molar-refractivity contribution in [2.24, 2.45) is 0 Å². The van der Waals surface area contributed by atoms with Crippen LogP contribution in [-0.4, -0.2) is 52.6 Å². The van der Waals surface area contributed by atoms with Crippen LogP contribution in [0.1, 0.15) is 39.2 Å². The van der Waals surface area contributed by atoms with E-state index in [2.05, 4.69) is 4.90 Å². The summed E-state index contributed by atoms with van der Waals surface area (Å²) in [6, 6.07) is 5.43. The Morgan fingerprint density at radius 3 is 2.55 bits per heavy atom. The molecular formula is C22H23ClNO7-. The van der Waals surface area contributed by atoms with E-state index in [0.717, 1.165) is 29.7 Å². The molecule has 0 bridgehead atoms. The van der Waals surface area contributed by atoms with Crippen molar-refractivity contribution in [1.29, 1.82) is 0 Å². The SMILES string of the molecule is COc1ccc2c(c1OC)C(=O)O[C@H]2[C@H]1c2c(cc3c(c2OC)OCO3)CCN1C.[Cl-]. The van der Waals surface area contributed by atoms with Crippen molar-refractivity contribution in [2.75, 3.05) is 41.7 Å². The third-order valence-electron chi connectivity index (χ3n) is 6.06. The van der Waals surface area contributed by atoms with Crippen LogP contribution < -0.4 is 36.1 Å². The van der Waals surface area contributed by atoms with Gasteiger partial charge >= 0.3 is 5.97 Å². The normalized spacial score (nSPS) is 21.0. The van der Waals surface area contributed by atoms with Crippen molar-refractivity contribution in [3.05, 3.63) is 40.5 Å². The van der Waals surface area contributed by atoms with Gasteiger partial charge in [-0.2, -0.15) is 0 Å². The van der Waals surface area contributed by atoms with E-state index in [9.17, 15) is 4.79 Å². The van der Waals surface area contributed by atoms with Gasteiger partial charge in [0.2, 0.25) is 12.5 Å². The van der Waals surface area contributed by atoms with Crippen molar-refractivity contribution >= 4 is 5.97 Å². The van der Waals surface area contributed by atoms with Crippen LogP contribution in [0, 0.1) is 0 Å². The van der Waals surface area contributed by atoms with Gasteiger partial charge in [0.25, 0.3) is 0 Å². The van der Waals surface area contributed by atoms with Gasteiger partial charge in [0.15, 0.2) is 23.0 Å². The first kappa shape index (κ1) is 21.4. The topological polar surface area (TPSA) is 75.7 Å². The van der Waals surface area contributed by atoms with E-state index in [4.69, 9.17) is 28.4 Å². The summed E-state index contributed by atoms with van der Waals surface area (Å²) in [5.41, 5.74) is 3.23. The summed E-state index contributed by atoms with van der Waals surface area (Å²) in [7, 11) is 6.70. The molecule has 0 N–H and O–H groups in total. The van der Waals surface area contributed by atoms with Gasteiger partial charge in [-0.15, -0.1) is 0 Å². The first-order valence-corrected chi connectivity index (χ1v) is 9.74. The van der Waals surface area contributed by atoms with Gasteiger partial charge in [0, 0.05) is 17.7 Å². The molecule has 0 fully saturated rings. The number of nitrogens with zero attached hydrogens (tertiary/aromatic N) is 1. The zero-order valence-electron chi connectivity index (χ0n) is 17.7. The molecule has 0 aromatic heterocycles. The number of rotatable bonds is 4. The Hall–Kier alpha value is -2.84. The van der Waals surface area contributed by atoms with E-state index >= 15 is 0 Å². The highest BCUT2D eigenvalue weighted by Crippen LogP contribution is 2.55. The second kappa shape index (κ2) is 8.01. The number of esters is 1. The van der Waals surface area contributed by atoms with Gasteiger partial charge in [-0.1, -0.05) is 6.07 Å². The predicted molar refractivity (Wildman–Crippen MR) is 106 cm³/mol. The minimum Gasteiger partial charge on any atom is -1.00 e. The monoisotopic (exact) mass is 448 g/mol. The lowest BCUT2D eigenvalue weighted by Gasteiger charge is -2.38. The van der Waals surface area contributed by atoms with Crippen molar-refractivity contribution in [3.8, 4) is 28.7 Å². The Bertz CT molecular complexity index is 1040. The molecule has 0 saturated carbocycles. The quantitative estimate of drug-likeness (QED) is 0.600. The molecular weight excluding hydrogens is 426 g/mol. The number of ether oxygens (including phenoxy) is 6. The van der Waals surface area contributed by atoms with Crippen molar-refractivity contribution in [3.63, 3.8) is 0 Å². The maximum absolute atomic E-state index is 12.9. The molecule has 31 heavy (non-hydrogen) atoms. The first-order valence-electron chi connectivity index (χ1n) is 9.74. The maximum Gasteiger partial charge on any atom is 0.343 e. The summed E-state index contributed by atoms with van der Waals surface area (Å²) in [6.07, 6.45) is 0.306. The number of halogens is 1. The van der Waals surface area contributed by atoms with Crippen LogP contribution in [0.2, 0.25) is 0 Å². The number of fused-ring (bicyclic) bond motifs is 3. The van der Waals surface area contributed by atoms with E-state index in [0.29, 0.717) is 34.3 Å². The number of hydrogen-bond donors (Lipinski definition) is 0. The highest BCUT2D eigenvalue weighted by Gasteiger charge is 2.46. The molecule has 2 aromatic rings. The zero-order valence-corrected chi connectivity index (χ0v) is 18.4. The minimum absolute atomic E-state index is 0. The smallest absolute Gasteiger partial charge is 0.343 e. The second-order valence-corrected chi connectivity index (χ2v) is 7.48. The molecule has 3 aliphatic rings. The molecule has 0 radical (unpaired) electrons. The third kappa shape index (κ3) is 3.04. The first-order chi connectivity index (χ1) is 14.6. The number of benzene rings is 2. The molecule has 0 unspecified atom stereocenters. The molecule has 166 valence electrons. The van der Waals surface area contributed by atoms with E-state index in [-0.39, 0.29) is 25.2 Å². The van der Waals surface area contributed by atoms with Crippen LogP contribution in [0.25, 0.3) is 0 Å². The summed E-state index contributed by atoms with van der Waals surface area (Å²) < 4.78 is 33.8. The molecule has 0 spiro atoms. The van der Waals surface area contributed by atoms with Gasteiger partial charge in [0.1, 0.15) is 11.7 Å². The summed E-state index contributed by atoms with van der Waals surface area (Å²) in [4.78, 5) is 15.1. The van der Waals surface area contributed by atoms with Crippen LogP contribution >= 0.6 is 0 Å². The number of carbonyl (C=O) groups is 1. The van der Waals surface area contributed by atoms with Crippen LogP contribution in [0.5, 0.6) is 28.7 Å². The fourth-order valence-electron chi connectivity index (χ4n) is 4.71. The Morgan fingerprint density at radius 2 is 1.84 bits per heavy atom. The molecule has 0 saturated heterocycles. The number of methoxy groups -OCH3 is 3. The molecule has 8 nitrogen and oxygen atoms in total. The highest BCUT2D eigenvalue weighted by atomic mass is 35.5. The van der Waals surface area contributed by atoms with Crippen molar-refractivity contribution in [2.45, 2.75) is 18.6 Å². The molecule has 3 aliphatic heterocycles. The van der Waals surface area contributed by atoms with E-state index < -0.39 is 12.1 Å². The molecule has 5 rings (SSSR count). The van der Waals surface area contributed by atoms with E-state index in [1.54, 1.807) is 20.3 Å². The molecule has 2 aromatic carbocycles. The van der Waals surface area contributed by atoms with Gasteiger partial charge < -0.3 is 40.8 Å². The second-order valence-electron chi connectivity index (χ2n) is 7.48. The molecule has 0 aliphatic carbocycles. The molecule has 2 atom stereocenters. The number of cyclic esters (lactones) is 1. The van der Waals surface area contributed by atoms with Gasteiger partial charge in [-0.3, -0.25) is 4.90 Å². The summed E-state index contributed by atoms with van der Waals surface area (Å²) in [5, 5.41) is 0. The standard InChI is InChI=1S/C22H23NO7.ClH/c1-23-8-7-11-9-14-20(29-10-28-14)21(27-4)15(11)17(23)18-12-5-6-13(25-2)19(26-3)16(12)22(24)30-18;/h5-6,9,17-18H,7-8,10H2,1-4H3;1H/p-1/t17-,18-;/m1./s1. The van der Waals surface area contributed by atoms with E-state index in [1.807, 2.05) is 19.2 Å². The maximum atomic E-state index is 12.9. The van der Waals surface area contributed by atoms with Crippen LogP contribution in [-0.2, 0) is 11.2 Å². The highest BCUT2D eigenvalue weighted by molar-refractivity contribution is 5.98. The number of hydrogen-bond acceptors (Lipinski definition) is 8. The lowest BCUT2D eigenvalue weighted by atomic mass is 9.85. The minimum atomic E-state index is -0.523. The Balaban J connectivity index is 0.00000231. The van der Waals surface area contributed by atoms with Gasteiger partial charge in [-0.05, 0) is 31.2 Å². The average Bonchev–Trinajstić information content (AvgIpc) is 3.35. The lowest BCUT2D eigenvalue weighted by Crippen LogP contribution is -3.00. The van der Waals surface area contributed by atoms with E-state index in [1.165, 1.54) is 7.11 Å². The van der Waals surface area contributed by atoms with Crippen molar-refractivity contribution < 1.29 is 45.6 Å². The van der Waals surface area contributed by atoms with Crippen LogP contribution in [0.4, 0.5) is 0 Å². The van der Waals surface area contributed by atoms with Crippen LogP contribution in [0.15, 0.2) is 18.2 Å². The fourth-order valence-corrected chi connectivity index (χ4v) is 4.71. The zero-order chi connectivity index (χ0) is 21.0. The predicted octanol–water partition coefficient (Wildman–Crippen LogP) is -0.114. The Morgan fingerprint density at radius 1 is 1.06 bits per heavy atom. The third-order valence-corrected chi connectivity index (χ3v) is 6.06.